The number of allylic oxidation sites excluding steroid dienone is 13. The summed E-state index contributed by atoms with van der Waals surface area (Å²) in [4.78, 5) is 37.7. The van der Waals surface area contributed by atoms with E-state index < -0.39 is 20.0 Å². The molecule has 0 aliphatic heterocycles. The number of carbonyl (C=O) groups is 2. The number of nitrogens with zero attached hydrogens (tertiary/aromatic N) is 1. The molecule has 0 saturated carbocycles. The Balaban J connectivity index is 5.16. The normalized spacial score (nSPS) is 14.2. The van der Waals surface area contributed by atoms with Gasteiger partial charge in [0.1, 0.15) is 19.3 Å². The van der Waals surface area contributed by atoms with E-state index in [9.17, 15) is 19.0 Å². The van der Waals surface area contributed by atoms with Gasteiger partial charge in [-0.3, -0.25) is 18.6 Å². The van der Waals surface area contributed by atoms with Gasteiger partial charge in [0, 0.05) is 12.8 Å². The van der Waals surface area contributed by atoms with Gasteiger partial charge in [0.25, 0.3) is 0 Å². The summed E-state index contributed by atoms with van der Waals surface area (Å²) < 4.78 is 30.7. The number of rotatable bonds is 58. The van der Waals surface area contributed by atoms with Crippen molar-refractivity contribution in [1.82, 2.24) is 5.32 Å². The molecule has 0 bridgehead atoms. The zero-order chi connectivity index (χ0) is 57.2. The summed E-state index contributed by atoms with van der Waals surface area (Å²) in [6.45, 7) is 6.95. The van der Waals surface area contributed by atoms with Crippen molar-refractivity contribution in [3.63, 3.8) is 0 Å². The maximum atomic E-state index is 13.5. The van der Waals surface area contributed by atoms with Crippen LogP contribution in [0.2, 0.25) is 0 Å². The van der Waals surface area contributed by atoms with Crippen LogP contribution in [0.5, 0.6) is 0 Å². The summed E-state index contributed by atoms with van der Waals surface area (Å²) in [7, 11) is 1.47. The predicted octanol–water partition coefficient (Wildman–Crippen LogP) is 20.2. The minimum Gasteiger partial charge on any atom is -0.456 e. The molecule has 2 N–H and O–H groups in total. The van der Waals surface area contributed by atoms with E-state index in [1.807, 2.05) is 33.3 Å². The zero-order valence-corrected chi connectivity index (χ0v) is 52.5. The molecule has 0 heterocycles. The zero-order valence-electron chi connectivity index (χ0n) is 51.6. The molecule has 0 fully saturated rings. The molecule has 3 atom stereocenters. The number of hydrogen-bond donors (Lipinski definition) is 2. The summed E-state index contributed by atoms with van der Waals surface area (Å²) in [5.74, 6) is -0.542. The molecule has 0 aromatic rings. The Kier molecular flexibility index (Phi) is 55.4. The molecule has 78 heavy (non-hydrogen) atoms. The van der Waals surface area contributed by atoms with Gasteiger partial charge in [-0.1, -0.05) is 254 Å². The van der Waals surface area contributed by atoms with Crippen molar-refractivity contribution >= 4 is 19.7 Å². The predicted molar refractivity (Wildman–Crippen MR) is 337 cm³/mol. The molecule has 10 heteroatoms. The highest BCUT2D eigenvalue weighted by Gasteiger charge is 2.30. The Morgan fingerprint density at radius 3 is 1.28 bits per heavy atom. The van der Waals surface area contributed by atoms with Gasteiger partial charge in [0.15, 0.2) is 0 Å². The van der Waals surface area contributed by atoms with Crippen molar-refractivity contribution < 1.29 is 37.3 Å². The van der Waals surface area contributed by atoms with Crippen molar-refractivity contribution in [3.8, 4) is 0 Å². The average molecular weight is 1110 g/mol. The van der Waals surface area contributed by atoms with Crippen LogP contribution >= 0.6 is 7.82 Å². The van der Waals surface area contributed by atoms with Crippen molar-refractivity contribution in [2.75, 3.05) is 40.9 Å². The van der Waals surface area contributed by atoms with E-state index >= 15 is 0 Å². The lowest BCUT2D eigenvalue weighted by Crippen LogP contribution is -2.47. The van der Waals surface area contributed by atoms with Crippen LogP contribution in [0.25, 0.3) is 0 Å². The second-order valence-electron chi connectivity index (χ2n) is 23.0. The Morgan fingerprint density at radius 2 is 0.821 bits per heavy atom. The molecule has 1 amide bonds. The number of hydrogen-bond acceptors (Lipinski definition) is 6. The quantitative estimate of drug-likeness (QED) is 0.0156. The first-order chi connectivity index (χ1) is 37.9. The van der Waals surface area contributed by atoms with Gasteiger partial charge in [-0.15, -0.1) is 0 Å². The molecule has 0 saturated heterocycles. The van der Waals surface area contributed by atoms with Gasteiger partial charge >= 0.3 is 13.8 Å². The number of carbonyl (C=O) groups excluding carboxylic acids is 2. The van der Waals surface area contributed by atoms with Crippen molar-refractivity contribution in [1.29, 1.82) is 0 Å². The monoisotopic (exact) mass is 1110 g/mol. The van der Waals surface area contributed by atoms with Gasteiger partial charge in [0.2, 0.25) is 5.91 Å². The van der Waals surface area contributed by atoms with Crippen LogP contribution in [0.4, 0.5) is 0 Å². The summed E-state index contributed by atoms with van der Waals surface area (Å²) in [5.41, 5.74) is 0. The van der Waals surface area contributed by atoms with E-state index in [1.54, 1.807) is 0 Å². The fourth-order valence-electron chi connectivity index (χ4n) is 9.03. The largest absolute Gasteiger partial charge is 0.472 e. The van der Waals surface area contributed by atoms with Gasteiger partial charge in [-0.25, -0.2) is 4.57 Å². The fourth-order valence-corrected chi connectivity index (χ4v) is 9.77. The lowest BCUT2D eigenvalue weighted by molar-refractivity contribution is -0.870. The number of phosphoric acid groups is 1. The maximum absolute atomic E-state index is 13.5. The van der Waals surface area contributed by atoms with E-state index in [4.69, 9.17) is 13.8 Å². The smallest absolute Gasteiger partial charge is 0.456 e. The highest BCUT2D eigenvalue weighted by Crippen LogP contribution is 2.43. The lowest BCUT2D eigenvalue weighted by Gasteiger charge is -2.27. The van der Waals surface area contributed by atoms with Crippen LogP contribution in [-0.4, -0.2) is 74.3 Å². The van der Waals surface area contributed by atoms with Gasteiger partial charge in [-0.2, -0.15) is 0 Å². The van der Waals surface area contributed by atoms with E-state index in [2.05, 4.69) is 99.0 Å². The lowest BCUT2D eigenvalue weighted by atomic mass is 10.1. The molecule has 0 aromatic carbocycles. The fraction of sp³-hybridized carbons (Fsp3) is 0.765. The van der Waals surface area contributed by atoms with Crippen LogP contribution in [0.15, 0.2) is 85.1 Å². The van der Waals surface area contributed by atoms with Crippen LogP contribution in [-0.2, 0) is 27.9 Å². The number of quaternary nitrogens is 1. The minimum atomic E-state index is -4.46. The van der Waals surface area contributed by atoms with Gasteiger partial charge in [-0.05, 0) is 102 Å². The Hall–Kier alpha value is -2.81. The number of unbranched alkanes of at least 4 members (excludes halogenated alkanes) is 31. The van der Waals surface area contributed by atoms with E-state index in [0.717, 1.165) is 96.3 Å². The third-order valence-electron chi connectivity index (χ3n) is 14.1. The number of amides is 1. The average Bonchev–Trinajstić information content (AvgIpc) is 3.41. The third kappa shape index (κ3) is 57.9. The SMILES string of the molecule is CCCCC/C=C\C/C=C\C/C=C\C/C=C\CCCCCCCCCCCC(=O)OC(/C=C\CCCCCCCCCCC)C(COP(=O)(O)OCC[N+](C)(C)C)NC(=O)CCCCC/C=C/C=C/CCCCCCCCC. The molecule has 0 aliphatic rings. The van der Waals surface area contributed by atoms with Crippen LogP contribution < -0.4 is 5.32 Å². The Morgan fingerprint density at radius 1 is 0.462 bits per heavy atom. The van der Waals surface area contributed by atoms with Crippen LogP contribution in [0.1, 0.15) is 284 Å². The summed E-state index contributed by atoms with van der Waals surface area (Å²) in [6.07, 6.45) is 75.9. The second-order valence-corrected chi connectivity index (χ2v) is 24.4. The molecule has 452 valence electrons. The molecule has 0 spiro atoms. The highest BCUT2D eigenvalue weighted by molar-refractivity contribution is 7.47. The molecule has 0 radical (unpaired) electrons. The summed E-state index contributed by atoms with van der Waals surface area (Å²) in [5, 5.41) is 3.04. The minimum absolute atomic E-state index is 0.0312. The Labute approximate surface area is 482 Å². The molecule has 0 aromatic heterocycles. The molecule has 0 aliphatic carbocycles. The first-order valence-electron chi connectivity index (χ1n) is 32.4. The maximum Gasteiger partial charge on any atom is 0.472 e. The third-order valence-corrected chi connectivity index (χ3v) is 15.1. The first-order valence-corrected chi connectivity index (χ1v) is 33.9. The number of phosphoric ester groups is 1. The standard InChI is InChI=1S/C68H123N2O7P/c1-7-10-13-16-19-22-25-27-29-31-32-33-34-35-36-37-38-39-41-43-46-49-52-55-58-61-68(72)77-66(59-56-53-50-47-44-24-21-18-15-12-9-3)65(64-76-78(73,74)75-63-62-70(4,5)6)69-67(71)60-57-54-51-48-45-42-40-30-28-26-23-20-17-14-11-8-2/h19,22,27,29-30,32-33,35-36,40,42,45,56,59,65-66H,7-18,20-21,23-26,28,31,34,37-39,41,43-44,46-55,57-58,60-64H2,1-6H3,(H-,69,71,73,74)/p+1/b22-19-,29-27-,33-32-,36-35-,40-30+,45-42+,59-56-. The van der Waals surface area contributed by atoms with E-state index in [0.29, 0.717) is 23.9 Å². The van der Waals surface area contributed by atoms with E-state index in [-0.39, 0.29) is 31.5 Å². The molecule has 9 nitrogen and oxygen atoms in total. The second kappa shape index (κ2) is 57.4. The molecular formula is C68H124N2O7P+. The van der Waals surface area contributed by atoms with Crippen molar-refractivity contribution in [3.05, 3.63) is 85.1 Å². The molecule has 0 rings (SSSR count). The van der Waals surface area contributed by atoms with Gasteiger partial charge < -0.3 is 19.4 Å². The summed E-state index contributed by atoms with van der Waals surface area (Å²) >= 11 is 0. The number of likely N-dealkylation sites (N-methyl/N-ethyl adjacent to an activating group) is 1. The van der Waals surface area contributed by atoms with Crippen molar-refractivity contribution in [2.24, 2.45) is 0 Å². The van der Waals surface area contributed by atoms with Gasteiger partial charge in [0.05, 0.1) is 33.8 Å². The van der Waals surface area contributed by atoms with Crippen molar-refractivity contribution in [2.45, 2.75) is 296 Å². The number of nitrogens with one attached hydrogen (secondary N) is 1. The molecular weight excluding hydrogens is 988 g/mol. The van der Waals surface area contributed by atoms with Crippen LogP contribution in [0, 0.1) is 0 Å². The van der Waals surface area contributed by atoms with E-state index in [1.165, 1.54) is 148 Å². The first kappa shape index (κ1) is 75.2. The topological polar surface area (TPSA) is 111 Å². The Bertz CT molecular complexity index is 1610. The summed E-state index contributed by atoms with van der Waals surface area (Å²) in [6, 6.07) is -0.868. The highest BCUT2D eigenvalue weighted by atomic mass is 31.2. The molecule has 3 unspecified atom stereocenters. The number of ether oxygens (including phenoxy) is 1. The number of esters is 1. The van der Waals surface area contributed by atoms with Crippen LogP contribution in [0.3, 0.4) is 0 Å².